The van der Waals surface area contributed by atoms with E-state index in [4.69, 9.17) is 10.2 Å². The van der Waals surface area contributed by atoms with Gasteiger partial charge < -0.3 is 10.2 Å². The van der Waals surface area contributed by atoms with E-state index in [1.54, 1.807) is 13.8 Å². The number of halogens is 1. The lowest BCUT2D eigenvalue weighted by molar-refractivity contribution is 0.0696. The van der Waals surface area contributed by atoms with Crippen molar-refractivity contribution in [3.63, 3.8) is 0 Å². The number of hydrogen-bond acceptors (Lipinski definition) is 4. The maximum Gasteiger partial charge on any atom is 0.335 e. The fraction of sp³-hybridized carbons (Fsp3) is 0.417. The van der Waals surface area contributed by atoms with Crippen LogP contribution in [0.2, 0.25) is 0 Å². The first-order chi connectivity index (χ1) is 9.22. The van der Waals surface area contributed by atoms with E-state index in [1.165, 1.54) is 6.07 Å². The number of carboxylic acids is 1. The van der Waals surface area contributed by atoms with Crippen LogP contribution in [0.3, 0.4) is 0 Å². The topological polar surface area (TPSA) is 104 Å². The summed E-state index contributed by atoms with van der Waals surface area (Å²) in [5.74, 6) is -1.20. The van der Waals surface area contributed by atoms with E-state index in [-0.39, 0.29) is 17.1 Å². The lowest BCUT2D eigenvalue weighted by Crippen LogP contribution is -2.37. The highest BCUT2D eigenvalue weighted by atomic mass is 79.9. The summed E-state index contributed by atoms with van der Waals surface area (Å²) in [4.78, 5) is 10.9. The lowest BCUT2D eigenvalue weighted by Gasteiger charge is -2.16. The largest absolute Gasteiger partial charge is 0.478 e. The molecule has 0 saturated carbocycles. The Kier molecular flexibility index (Phi) is 5.69. The molecule has 0 amide bonds. The van der Waals surface area contributed by atoms with Crippen LogP contribution in [0.1, 0.15) is 29.3 Å². The molecule has 0 aliphatic rings. The van der Waals surface area contributed by atoms with Crippen molar-refractivity contribution in [1.29, 1.82) is 0 Å². The maximum atomic E-state index is 12.3. The van der Waals surface area contributed by atoms with Crippen molar-refractivity contribution >= 4 is 31.9 Å². The zero-order valence-electron chi connectivity index (χ0n) is 11.1. The first-order valence-electron chi connectivity index (χ1n) is 5.89. The molecular formula is C12H16BrNO5S. The zero-order valence-corrected chi connectivity index (χ0v) is 13.5. The van der Waals surface area contributed by atoms with Crippen molar-refractivity contribution in [3.8, 4) is 0 Å². The van der Waals surface area contributed by atoms with Gasteiger partial charge in [0.2, 0.25) is 10.0 Å². The molecule has 20 heavy (non-hydrogen) atoms. The van der Waals surface area contributed by atoms with Crippen molar-refractivity contribution in [2.75, 3.05) is 6.61 Å². The summed E-state index contributed by atoms with van der Waals surface area (Å²) in [6.45, 7) is 3.02. The Morgan fingerprint density at radius 3 is 2.50 bits per heavy atom. The van der Waals surface area contributed by atoms with E-state index in [9.17, 15) is 13.2 Å². The number of rotatable bonds is 6. The van der Waals surface area contributed by atoms with Gasteiger partial charge in [0.15, 0.2) is 0 Å². The van der Waals surface area contributed by atoms with Crippen molar-refractivity contribution in [3.05, 3.63) is 27.7 Å². The smallest absolute Gasteiger partial charge is 0.335 e. The molecule has 0 aliphatic heterocycles. The lowest BCUT2D eigenvalue weighted by atomic mass is 10.1. The molecule has 6 nitrogen and oxygen atoms in total. The fourth-order valence-corrected chi connectivity index (χ4v) is 3.94. The minimum Gasteiger partial charge on any atom is -0.478 e. The minimum absolute atomic E-state index is 0.108. The Morgan fingerprint density at radius 2 is 2.05 bits per heavy atom. The second-order valence-electron chi connectivity index (χ2n) is 4.32. The van der Waals surface area contributed by atoms with Gasteiger partial charge in [0.1, 0.15) is 0 Å². The summed E-state index contributed by atoms with van der Waals surface area (Å²) in [7, 11) is -3.91. The van der Waals surface area contributed by atoms with E-state index < -0.39 is 22.0 Å². The normalized spacial score (nSPS) is 13.2. The Hall–Kier alpha value is -0.960. The molecule has 0 fully saturated rings. The summed E-state index contributed by atoms with van der Waals surface area (Å²) in [5.41, 5.74) is 0.394. The molecule has 0 heterocycles. The van der Waals surface area contributed by atoms with Gasteiger partial charge in [0.05, 0.1) is 17.1 Å². The second kappa shape index (κ2) is 6.66. The summed E-state index contributed by atoms with van der Waals surface area (Å²) < 4.78 is 27.2. The van der Waals surface area contributed by atoms with Crippen LogP contribution in [-0.2, 0) is 10.0 Å². The highest BCUT2D eigenvalue weighted by Crippen LogP contribution is 2.27. The molecular weight excluding hydrogens is 350 g/mol. The number of nitrogens with one attached hydrogen (secondary N) is 1. The van der Waals surface area contributed by atoms with Crippen LogP contribution in [0.15, 0.2) is 21.5 Å². The number of sulfonamides is 1. The van der Waals surface area contributed by atoms with Crippen molar-refractivity contribution in [1.82, 2.24) is 4.72 Å². The van der Waals surface area contributed by atoms with Crippen LogP contribution in [-0.4, -0.2) is 37.2 Å². The number of carbonyl (C=O) groups is 1. The van der Waals surface area contributed by atoms with Crippen LogP contribution in [0.5, 0.6) is 0 Å². The predicted molar refractivity (Wildman–Crippen MR) is 77.3 cm³/mol. The van der Waals surface area contributed by atoms with Crippen LogP contribution < -0.4 is 4.72 Å². The standard InChI is InChI=1S/C12H16BrNO5S/c1-3-9(6-15)14-20(18,19)10-5-8(12(16)17)4-7(2)11(10)13/h4-5,9,14-15H,3,6H2,1-2H3,(H,16,17)/t9-/m0/s1. The van der Waals surface area contributed by atoms with E-state index in [0.717, 1.165) is 6.07 Å². The van der Waals surface area contributed by atoms with E-state index in [0.29, 0.717) is 16.5 Å². The van der Waals surface area contributed by atoms with E-state index >= 15 is 0 Å². The molecule has 1 aromatic rings. The van der Waals surface area contributed by atoms with Gasteiger partial charge in [-0.15, -0.1) is 0 Å². The molecule has 8 heteroatoms. The number of aryl methyl sites for hydroxylation is 1. The van der Waals surface area contributed by atoms with Gasteiger partial charge in [-0.3, -0.25) is 0 Å². The number of aliphatic hydroxyl groups is 1. The zero-order chi connectivity index (χ0) is 15.5. The van der Waals surface area contributed by atoms with Crippen molar-refractivity contribution in [2.24, 2.45) is 0 Å². The fourth-order valence-electron chi connectivity index (χ4n) is 1.59. The van der Waals surface area contributed by atoms with Crippen molar-refractivity contribution in [2.45, 2.75) is 31.2 Å². The number of aliphatic hydroxyl groups excluding tert-OH is 1. The van der Waals surface area contributed by atoms with E-state index in [2.05, 4.69) is 20.7 Å². The molecule has 0 spiro atoms. The third-order valence-electron chi connectivity index (χ3n) is 2.79. The molecule has 0 radical (unpaired) electrons. The number of hydrogen-bond donors (Lipinski definition) is 3. The van der Waals surface area contributed by atoms with Gasteiger partial charge >= 0.3 is 5.97 Å². The third-order valence-corrected chi connectivity index (χ3v) is 5.65. The molecule has 1 atom stereocenters. The Labute approximate surface area is 126 Å². The maximum absolute atomic E-state index is 12.3. The second-order valence-corrected chi connectivity index (χ2v) is 6.79. The molecule has 1 rings (SSSR count). The molecule has 0 aromatic heterocycles. The average molecular weight is 366 g/mol. The van der Waals surface area contributed by atoms with Gasteiger partial charge in [0, 0.05) is 10.5 Å². The monoisotopic (exact) mass is 365 g/mol. The molecule has 0 bridgehead atoms. The number of benzene rings is 1. The average Bonchev–Trinajstić information content (AvgIpc) is 2.38. The Balaban J connectivity index is 3.34. The van der Waals surface area contributed by atoms with Crippen LogP contribution in [0, 0.1) is 6.92 Å². The minimum atomic E-state index is -3.91. The Morgan fingerprint density at radius 1 is 1.45 bits per heavy atom. The highest BCUT2D eigenvalue weighted by Gasteiger charge is 2.24. The molecule has 112 valence electrons. The van der Waals surface area contributed by atoms with Gasteiger partial charge in [-0.05, 0) is 47.0 Å². The summed E-state index contributed by atoms with van der Waals surface area (Å²) in [6.07, 6.45) is 0.422. The summed E-state index contributed by atoms with van der Waals surface area (Å²) in [5, 5.41) is 18.1. The molecule has 3 N–H and O–H groups in total. The van der Waals surface area contributed by atoms with Crippen LogP contribution in [0.25, 0.3) is 0 Å². The number of carboxylic acid groups (broad SMARTS) is 1. The first-order valence-corrected chi connectivity index (χ1v) is 8.17. The van der Waals surface area contributed by atoms with Crippen molar-refractivity contribution < 1.29 is 23.4 Å². The van der Waals surface area contributed by atoms with Gasteiger partial charge in [0.25, 0.3) is 0 Å². The molecule has 1 aromatic carbocycles. The van der Waals surface area contributed by atoms with Gasteiger partial charge in [-0.25, -0.2) is 17.9 Å². The van der Waals surface area contributed by atoms with Crippen LogP contribution in [0.4, 0.5) is 0 Å². The first kappa shape index (κ1) is 17.1. The summed E-state index contributed by atoms with van der Waals surface area (Å²) in [6, 6.07) is 1.86. The quantitative estimate of drug-likeness (QED) is 0.708. The molecule has 0 aliphatic carbocycles. The molecule has 0 saturated heterocycles. The number of aromatic carboxylic acids is 1. The third kappa shape index (κ3) is 3.78. The Bertz CT molecular complexity index is 611. The summed E-state index contributed by atoms with van der Waals surface area (Å²) >= 11 is 3.16. The van der Waals surface area contributed by atoms with Gasteiger partial charge in [-0.2, -0.15) is 0 Å². The molecule has 0 unspecified atom stereocenters. The highest BCUT2D eigenvalue weighted by molar-refractivity contribution is 9.10. The van der Waals surface area contributed by atoms with Gasteiger partial charge in [-0.1, -0.05) is 6.92 Å². The predicted octanol–water partition coefficient (Wildman–Crippen LogP) is 1.50. The SMILES string of the molecule is CC[C@@H](CO)NS(=O)(=O)c1cc(C(=O)O)cc(C)c1Br. The van der Waals surface area contributed by atoms with Crippen LogP contribution >= 0.6 is 15.9 Å². The van der Waals surface area contributed by atoms with E-state index in [1.807, 2.05) is 0 Å².